The van der Waals surface area contributed by atoms with Crippen LogP contribution in [0.2, 0.25) is 0 Å². The minimum atomic E-state index is -0.720. The largest absolute Gasteiger partial charge is 0.366 e. The first kappa shape index (κ1) is 20.9. The number of non-ortho nitro benzene ring substituents is 1. The van der Waals surface area contributed by atoms with Crippen LogP contribution in [0, 0.1) is 10.1 Å². The number of hydrogen-bond acceptors (Lipinski definition) is 5. The minimum Gasteiger partial charge on any atom is -0.366 e. The molecule has 1 aliphatic rings. The summed E-state index contributed by atoms with van der Waals surface area (Å²) in [5.74, 6) is -0.720. The van der Waals surface area contributed by atoms with Gasteiger partial charge in [-0.15, -0.1) is 0 Å². The van der Waals surface area contributed by atoms with Gasteiger partial charge in [-0.1, -0.05) is 30.3 Å². The van der Waals surface area contributed by atoms with Crippen LogP contribution in [0.5, 0.6) is 0 Å². The van der Waals surface area contributed by atoms with E-state index in [-0.39, 0.29) is 17.3 Å². The quantitative estimate of drug-likeness (QED) is 0.417. The summed E-state index contributed by atoms with van der Waals surface area (Å²) in [6, 6.07) is 18.6. The Labute approximate surface area is 184 Å². The van der Waals surface area contributed by atoms with E-state index in [2.05, 4.69) is 10.6 Å². The van der Waals surface area contributed by atoms with Crippen LogP contribution >= 0.6 is 0 Å². The van der Waals surface area contributed by atoms with Gasteiger partial charge in [0.2, 0.25) is 0 Å². The van der Waals surface area contributed by atoms with E-state index in [1.165, 1.54) is 12.1 Å². The molecule has 1 heterocycles. The van der Waals surface area contributed by atoms with Crippen molar-refractivity contribution in [2.45, 2.75) is 13.0 Å². The summed E-state index contributed by atoms with van der Waals surface area (Å²) in [5, 5.41) is 16.8. The van der Waals surface area contributed by atoms with Crippen LogP contribution in [0.25, 0.3) is 0 Å². The molecular formula is C23H21N5O4. The maximum absolute atomic E-state index is 12.4. The number of para-hydroxylation sites is 1. The topological polar surface area (TPSA) is 131 Å². The molecule has 0 spiro atoms. The molecule has 0 radical (unpaired) electrons. The van der Waals surface area contributed by atoms with Crippen molar-refractivity contribution < 1.29 is 14.5 Å². The maximum atomic E-state index is 12.4. The number of rotatable bonds is 5. The predicted molar refractivity (Wildman–Crippen MR) is 122 cm³/mol. The predicted octanol–water partition coefficient (Wildman–Crippen LogP) is 3.90. The number of urea groups is 1. The molecule has 0 saturated heterocycles. The summed E-state index contributed by atoms with van der Waals surface area (Å²) >= 11 is 0. The molecule has 3 aromatic rings. The summed E-state index contributed by atoms with van der Waals surface area (Å²) in [4.78, 5) is 36.8. The van der Waals surface area contributed by atoms with Gasteiger partial charge in [0.25, 0.3) is 11.6 Å². The Morgan fingerprint density at radius 1 is 1.00 bits per heavy atom. The van der Waals surface area contributed by atoms with E-state index in [9.17, 15) is 19.7 Å². The van der Waals surface area contributed by atoms with Gasteiger partial charge >= 0.3 is 6.03 Å². The second-order valence-corrected chi connectivity index (χ2v) is 7.38. The van der Waals surface area contributed by atoms with E-state index in [1.54, 1.807) is 18.2 Å². The molecule has 32 heavy (non-hydrogen) atoms. The fourth-order valence-electron chi connectivity index (χ4n) is 3.85. The van der Waals surface area contributed by atoms with E-state index < -0.39 is 10.8 Å². The number of hydrogen-bond donors (Lipinski definition) is 3. The van der Waals surface area contributed by atoms with Crippen molar-refractivity contribution >= 4 is 34.7 Å². The molecule has 0 aliphatic carbocycles. The molecule has 1 aliphatic heterocycles. The molecule has 0 atom stereocenters. The number of nitrogens with one attached hydrogen (secondary N) is 2. The number of nitro groups is 1. The van der Waals surface area contributed by atoms with E-state index in [0.29, 0.717) is 30.9 Å². The Morgan fingerprint density at radius 2 is 1.78 bits per heavy atom. The number of carbonyl (C=O) groups excluding carboxylic acids is 2. The fourth-order valence-corrected chi connectivity index (χ4v) is 3.85. The fraction of sp³-hybridized carbons (Fsp3) is 0.130. The lowest BCUT2D eigenvalue weighted by atomic mass is 9.96. The van der Waals surface area contributed by atoms with Crippen molar-refractivity contribution in [2.75, 3.05) is 22.1 Å². The lowest BCUT2D eigenvalue weighted by molar-refractivity contribution is -0.384. The van der Waals surface area contributed by atoms with Crippen LogP contribution in [0.4, 0.5) is 27.5 Å². The Bertz CT molecular complexity index is 1200. The lowest BCUT2D eigenvalue weighted by Gasteiger charge is -2.32. The van der Waals surface area contributed by atoms with E-state index in [1.807, 2.05) is 41.3 Å². The third-order valence-electron chi connectivity index (χ3n) is 5.34. The van der Waals surface area contributed by atoms with Crippen LogP contribution < -0.4 is 21.3 Å². The van der Waals surface area contributed by atoms with Gasteiger partial charge in [0.1, 0.15) is 0 Å². The number of anilines is 3. The second-order valence-electron chi connectivity index (χ2n) is 7.38. The van der Waals surface area contributed by atoms with Crippen molar-refractivity contribution in [3.8, 4) is 0 Å². The van der Waals surface area contributed by atoms with Crippen molar-refractivity contribution in [1.82, 2.24) is 0 Å². The molecule has 0 unspecified atom stereocenters. The summed E-state index contributed by atoms with van der Waals surface area (Å²) in [7, 11) is 0. The zero-order valence-corrected chi connectivity index (χ0v) is 17.1. The SMILES string of the molecule is NC(=O)c1cc([N+](=O)[O-])ccc1N1CCc2c(cccc2NC(=O)Nc2ccccc2)C1. The summed E-state index contributed by atoms with van der Waals surface area (Å²) in [5.41, 5.74) is 9.37. The third kappa shape index (κ3) is 4.36. The molecular weight excluding hydrogens is 410 g/mol. The standard InChI is InChI=1S/C23H21N5O4/c24-22(29)19-13-17(28(31)32)9-10-21(19)27-12-11-18-15(14-27)5-4-8-20(18)26-23(30)25-16-6-2-1-3-7-16/h1-10,13H,11-12,14H2,(H2,24,29)(H2,25,26,30). The molecule has 0 bridgehead atoms. The lowest BCUT2D eigenvalue weighted by Crippen LogP contribution is -2.33. The number of fused-ring (bicyclic) bond motifs is 1. The monoisotopic (exact) mass is 431 g/mol. The van der Waals surface area contributed by atoms with Gasteiger partial charge in [-0.3, -0.25) is 14.9 Å². The molecule has 3 amide bonds. The van der Waals surface area contributed by atoms with E-state index in [0.717, 1.165) is 16.8 Å². The number of benzene rings is 3. The minimum absolute atomic E-state index is 0.110. The van der Waals surface area contributed by atoms with Crippen LogP contribution in [0.15, 0.2) is 66.7 Å². The highest BCUT2D eigenvalue weighted by Crippen LogP contribution is 2.32. The zero-order chi connectivity index (χ0) is 22.7. The highest BCUT2D eigenvalue weighted by atomic mass is 16.6. The molecule has 9 nitrogen and oxygen atoms in total. The Morgan fingerprint density at radius 3 is 2.50 bits per heavy atom. The smallest absolute Gasteiger partial charge is 0.323 e. The van der Waals surface area contributed by atoms with Crippen molar-refractivity contribution in [1.29, 1.82) is 0 Å². The second kappa shape index (κ2) is 8.76. The van der Waals surface area contributed by atoms with Gasteiger partial charge in [-0.25, -0.2) is 4.79 Å². The van der Waals surface area contributed by atoms with Crippen LogP contribution in [0.1, 0.15) is 21.5 Å². The van der Waals surface area contributed by atoms with E-state index >= 15 is 0 Å². The first-order valence-corrected chi connectivity index (χ1v) is 9.99. The Balaban J connectivity index is 1.55. The average Bonchev–Trinajstić information content (AvgIpc) is 2.79. The van der Waals surface area contributed by atoms with Gasteiger partial charge in [0.05, 0.1) is 16.2 Å². The van der Waals surface area contributed by atoms with Gasteiger partial charge < -0.3 is 21.3 Å². The Kier molecular flexibility index (Phi) is 5.71. The molecule has 162 valence electrons. The van der Waals surface area contributed by atoms with Gasteiger partial charge in [-0.05, 0) is 41.8 Å². The zero-order valence-electron chi connectivity index (χ0n) is 17.1. The van der Waals surface area contributed by atoms with Crippen LogP contribution in [0.3, 0.4) is 0 Å². The summed E-state index contributed by atoms with van der Waals surface area (Å²) < 4.78 is 0. The summed E-state index contributed by atoms with van der Waals surface area (Å²) in [6.07, 6.45) is 0.617. The first-order valence-electron chi connectivity index (χ1n) is 9.99. The number of nitro benzene ring substituents is 1. The van der Waals surface area contributed by atoms with Crippen molar-refractivity contribution in [3.63, 3.8) is 0 Å². The number of carbonyl (C=O) groups is 2. The number of primary amides is 1. The van der Waals surface area contributed by atoms with Crippen molar-refractivity contribution in [3.05, 3.63) is 93.5 Å². The average molecular weight is 431 g/mol. The molecule has 0 fully saturated rings. The van der Waals surface area contributed by atoms with Crippen molar-refractivity contribution in [2.24, 2.45) is 5.73 Å². The molecule has 4 N–H and O–H groups in total. The molecule has 4 rings (SSSR count). The van der Waals surface area contributed by atoms with E-state index in [4.69, 9.17) is 5.73 Å². The van der Waals surface area contributed by atoms with Gasteiger partial charge in [0, 0.05) is 36.6 Å². The molecule has 3 aromatic carbocycles. The summed E-state index contributed by atoms with van der Waals surface area (Å²) in [6.45, 7) is 1.04. The number of nitrogens with two attached hydrogens (primary N) is 1. The third-order valence-corrected chi connectivity index (χ3v) is 5.34. The first-order chi connectivity index (χ1) is 15.4. The highest BCUT2D eigenvalue weighted by molar-refractivity contribution is 6.01. The molecule has 0 aromatic heterocycles. The van der Waals surface area contributed by atoms with Crippen LogP contribution in [-0.4, -0.2) is 23.4 Å². The van der Waals surface area contributed by atoms with Gasteiger partial charge in [0.15, 0.2) is 0 Å². The number of amides is 3. The normalized spacial score (nSPS) is 12.6. The molecule has 9 heteroatoms. The van der Waals surface area contributed by atoms with Gasteiger partial charge in [-0.2, -0.15) is 0 Å². The molecule has 0 saturated carbocycles. The number of nitrogens with zero attached hydrogens (tertiary/aromatic N) is 2. The Hall–Kier alpha value is -4.40. The maximum Gasteiger partial charge on any atom is 0.323 e. The van der Waals surface area contributed by atoms with Crippen LogP contribution in [-0.2, 0) is 13.0 Å². The highest BCUT2D eigenvalue weighted by Gasteiger charge is 2.24.